The summed E-state index contributed by atoms with van der Waals surface area (Å²) in [5.74, 6) is -0.210. The summed E-state index contributed by atoms with van der Waals surface area (Å²) in [6, 6.07) is 9.86. The Bertz CT molecular complexity index is 716. The maximum Gasteiger partial charge on any atom is 0.269 e. The van der Waals surface area contributed by atoms with E-state index < -0.39 is 4.92 Å². The molecule has 1 amide bonds. The molecule has 2 aromatic carbocycles. The Morgan fingerprint density at radius 3 is 2.17 bits per heavy atom. The quantitative estimate of drug-likeness (QED) is 0.653. The molecule has 0 spiro atoms. The molecule has 0 aliphatic rings. The van der Waals surface area contributed by atoms with E-state index in [1.54, 1.807) is 0 Å². The second kappa shape index (κ2) is 6.91. The van der Waals surface area contributed by atoms with Gasteiger partial charge in [0.05, 0.1) is 11.5 Å². The molecule has 0 aromatic heterocycles. The number of rotatable bonds is 5. The summed E-state index contributed by atoms with van der Waals surface area (Å²) in [6.07, 6.45) is 0. The fraction of sp³-hybridized carbons (Fsp3) is 0.235. The molecule has 0 saturated heterocycles. The van der Waals surface area contributed by atoms with Crippen molar-refractivity contribution in [3.63, 3.8) is 0 Å². The summed E-state index contributed by atoms with van der Waals surface area (Å²) in [7, 11) is 0. The standard InChI is InChI=1S/C17H19N3O3/c1-11-8-12(2)17(13(3)9-11)18-10-16(21)19-14-4-6-15(7-5-14)20(22)23/h4-9,18H,10H2,1-3H3,(H,19,21). The molecule has 0 aliphatic heterocycles. The predicted octanol–water partition coefficient (Wildman–Crippen LogP) is 3.57. The molecule has 120 valence electrons. The molecule has 0 heterocycles. The number of benzene rings is 2. The maximum atomic E-state index is 12.0. The highest BCUT2D eigenvalue weighted by Crippen LogP contribution is 2.21. The third-order valence-corrected chi connectivity index (χ3v) is 3.46. The summed E-state index contributed by atoms with van der Waals surface area (Å²) >= 11 is 0. The van der Waals surface area contributed by atoms with E-state index in [0.29, 0.717) is 5.69 Å². The highest BCUT2D eigenvalue weighted by atomic mass is 16.6. The number of carbonyl (C=O) groups excluding carboxylic acids is 1. The molecular formula is C17H19N3O3. The first-order valence-corrected chi connectivity index (χ1v) is 7.23. The number of amides is 1. The number of carbonyl (C=O) groups is 1. The van der Waals surface area contributed by atoms with E-state index >= 15 is 0 Å². The van der Waals surface area contributed by atoms with Crippen LogP contribution in [0.4, 0.5) is 17.1 Å². The minimum atomic E-state index is -0.476. The van der Waals surface area contributed by atoms with Gasteiger partial charge in [-0.1, -0.05) is 17.7 Å². The van der Waals surface area contributed by atoms with Gasteiger partial charge in [0.25, 0.3) is 5.69 Å². The minimum Gasteiger partial charge on any atom is -0.376 e. The lowest BCUT2D eigenvalue weighted by molar-refractivity contribution is -0.384. The highest BCUT2D eigenvalue weighted by Gasteiger charge is 2.08. The van der Waals surface area contributed by atoms with Crippen molar-refractivity contribution in [1.82, 2.24) is 0 Å². The van der Waals surface area contributed by atoms with Gasteiger partial charge < -0.3 is 10.6 Å². The van der Waals surface area contributed by atoms with Gasteiger partial charge in [-0.05, 0) is 44.0 Å². The molecule has 2 rings (SSSR count). The molecule has 0 fully saturated rings. The number of nitrogens with one attached hydrogen (secondary N) is 2. The second-order valence-corrected chi connectivity index (χ2v) is 5.48. The Kier molecular flexibility index (Phi) is 4.95. The third kappa shape index (κ3) is 4.29. The monoisotopic (exact) mass is 313 g/mol. The van der Waals surface area contributed by atoms with Gasteiger partial charge >= 0.3 is 0 Å². The van der Waals surface area contributed by atoms with Crippen molar-refractivity contribution in [3.8, 4) is 0 Å². The predicted molar refractivity (Wildman–Crippen MR) is 90.9 cm³/mol. The molecule has 0 saturated carbocycles. The molecule has 2 aromatic rings. The fourth-order valence-electron chi connectivity index (χ4n) is 2.50. The van der Waals surface area contributed by atoms with Crippen LogP contribution in [0, 0.1) is 30.9 Å². The molecule has 0 unspecified atom stereocenters. The number of hydrogen-bond donors (Lipinski definition) is 2. The van der Waals surface area contributed by atoms with Crippen LogP contribution in [0.2, 0.25) is 0 Å². The lowest BCUT2D eigenvalue weighted by Gasteiger charge is -2.13. The normalized spacial score (nSPS) is 10.2. The minimum absolute atomic E-state index is 0.00738. The molecular weight excluding hydrogens is 294 g/mol. The van der Waals surface area contributed by atoms with Gasteiger partial charge in [0, 0.05) is 23.5 Å². The number of nitro groups is 1. The van der Waals surface area contributed by atoms with Crippen LogP contribution >= 0.6 is 0 Å². The van der Waals surface area contributed by atoms with Crippen LogP contribution in [0.15, 0.2) is 36.4 Å². The van der Waals surface area contributed by atoms with Crippen molar-refractivity contribution < 1.29 is 9.72 Å². The van der Waals surface area contributed by atoms with E-state index in [1.807, 2.05) is 20.8 Å². The molecule has 23 heavy (non-hydrogen) atoms. The van der Waals surface area contributed by atoms with Gasteiger partial charge in [-0.2, -0.15) is 0 Å². The molecule has 6 nitrogen and oxygen atoms in total. The van der Waals surface area contributed by atoms with E-state index in [4.69, 9.17) is 0 Å². The first-order valence-electron chi connectivity index (χ1n) is 7.23. The summed E-state index contributed by atoms with van der Waals surface area (Å²) < 4.78 is 0. The molecule has 6 heteroatoms. The van der Waals surface area contributed by atoms with E-state index in [2.05, 4.69) is 22.8 Å². The van der Waals surface area contributed by atoms with Crippen molar-refractivity contribution in [2.75, 3.05) is 17.2 Å². The van der Waals surface area contributed by atoms with Gasteiger partial charge in [-0.3, -0.25) is 14.9 Å². The molecule has 2 N–H and O–H groups in total. The fourth-order valence-corrected chi connectivity index (χ4v) is 2.50. The van der Waals surface area contributed by atoms with Crippen LogP contribution in [0.5, 0.6) is 0 Å². The zero-order chi connectivity index (χ0) is 17.0. The maximum absolute atomic E-state index is 12.0. The number of aryl methyl sites for hydroxylation is 3. The van der Waals surface area contributed by atoms with Crippen LogP contribution in [0.1, 0.15) is 16.7 Å². The number of nitrogens with zero attached hydrogens (tertiary/aromatic N) is 1. The van der Waals surface area contributed by atoms with Crippen molar-refractivity contribution in [2.45, 2.75) is 20.8 Å². The lowest BCUT2D eigenvalue weighted by Crippen LogP contribution is -2.22. The number of anilines is 2. The Hall–Kier alpha value is -2.89. The van der Waals surface area contributed by atoms with Crippen molar-refractivity contribution in [3.05, 3.63) is 63.2 Å². The molecule has 0 bridgehead atoms. The van der Waals surface area contributed by atoms with Crippen LogP contribution in [0.25, 0.3) is 0 Å². The third-order valence-electron chi connectivity index (χ3n) is 3.46. The van der Waals surface area contributed by atoms with Gasteiger partial charge in [-0.15, -0.1) is 0 Å². The van der Waals surface area contributed by atoms with E-state index in [-0.39, 0.29) is 18.1 Å². The SMILES string of the molecule is Cc1cc(C)c(NCC(=O)Nc2ccc([N+](=O)[O-])cc2)c(C)c1. The Labute approximate surface area is 134 Å². The Morgan fingerprint density at radius 2 is 1.65 bits per heavy atom. The average Bonchev–Trinajstić information content (AvgIpc) is 2.46. The second-order valence-electron chi connectivity index (χ2n) is 5.48. The summed E-state index contributed by atoms with van der Waals surface area (Å²) in [6.45, 7) is 6.15. The Balaban J connectivity index is 1.96. The van der Waals surface area contributed by atoms with Gasteiger partial charge in [-0.25, -0.2) is 0 Å². The van der Waals surface area contributed by atoms with Crippen molar-refractivity contribution in [2.24, 2.45) is 0 Å². The highest BCUT2D eigenvalue weighted by molar-refractivity contribution is 5.94. The van der Waals surface area contributed by atoms with E-state index in [0.717, 1.165) is 16.8 Å². The number of non-ortho nitro benzene ring substituents is 1. The van der Waals surface area contributed by atoms with Crippen LogP contribution in [-0.4, -0.2) is 17.4 Å². The average molecular weight is 313 g/mol. The summed E-state index contributed by atoms with van der Waals surface area (Å²) in [5.41, 5.74) is 4.83. The zero-order valence-corrected chi connectivity index (χ0v) is 13.3. The van der Waals surface area contributed by atoms with Crippen LogP contribution in [0.3, 0.4) is 0 Å². The van der Waals surface area contributed by atoms with Crippen molar-refractivity contribution >= 4 is 23.0 Å². The lowest BCUT2D eigenvalue weighted by atomic mass is 10.1. The summed E-state index contributed by atoms with van der Waals surface area (Å²) in [5, 5.41) is 16.4. The molecule has 0 radical (unpaired) electrons. The van der Waals surface area contributed by atoms with Gasteiger partial charge in [0.15, 0.2) is 0 Å². The number of hydrogen-bond acceptors (Lipinski definition) is 4. The largest absolute Gasteiger partial charge is 0.376 e. The van der Waals surface area contributed by atoms with Crippen LogP contribution in [-0.2, 0) is 4.79 Å². The summed E-state index contributed by atoms with van der Waals surface area (Å²) in [4.78, 5) is 22.1. The smallest absolute Gasteiger partial charge is 0.269 e. The first kappa shape index (κ1) is 16.5. The van der Waals surface area contributed by atoms with E-state index in [9.17, 15) is 14.9 Å². The Morgan fingerprint density at radius 1 is 1.09 bits per heavy atom. The molecule has 0 aliphatic carbocycles. The topological polar surface area (TPSA) is 84.3 Å². The number of nitro benzene ring substituents is 1. The van der Waals surface area contributed by atoms with Crippen LogP contribution < -0.4 is 10.6 Å². The van der Waals surface area contributed by atoms with Gasteiger partial charge in [0.1, 0.15) is 0 Å². The zero-order valence-electron chi connectivity index (χ0n) is 13.3. The molecule has 0 atom stereocenters. The first-order chi connectivity index (χ1) is 10.9. The van der Waals surface area contributed by atoms with Crippen molar-refractivity contribution in [1.29, 1.82) is 0 Å². The van der Waals surface area contributed by atoms with Gasteiger partial charge in [0.2, 0.25) is 5.91 Å². The van der Waals surface area contributed by atoms with E-state index in [1.165, 1.54) is 29.8 Å².